The number of aliphatic hydroxyl groups is 1. The Kier molecular flexibility index (Phi) is 6.05. The first-order valence-electron chi connectivity index (χ1n) is 7.82. The van der Waals surface area contributed by atoms with Crippen LogP contribution in [0.5, 0.6) is 0 Å². The summed E-state index contributed by atoms with van der Waals surface area (Å²) in [6, 6.07) is 6.06. The summed E-state index contributed by atoms with van der Waals surface area (Å²) >= 11 is 0. The molecule has 1 aromatic carbocycles. The van der Waals surface area contributed by atoms with E-state index in [2.05, 4.69) is 22.2 Å². The molecule has 1 aliphatic rings. The molecule has 1 fully saturated rings. The smallest absolute Gasteiger partial charge is 0.238 e. The molecule has 0 aliphatic carbocycles. The molecule has 1 amide bonds. The minimum Gasteiger partial charge on any atom is -0.382 e. The van der Waals surface area contributed by atoms with Crippen molar-refractivity contribution in [1.29, 1.82) is 0 Å². The van der Waals surface area contributed by atoms with Gasteiger partial charge in [0.05, 0.1) is 12.2 Å². The first-order chi connectivity index (χ1) is 11.5. The van der Waals surface area contributed by atoms with E-state index in [1.807, 2.05) is 4.90 Å². The SMILES string of the molecule is C=CNC(=NC)C1(O)CCN(CC(=O)Nc2ccccc2F)CC1. The van der Waals surface area contributed by atoms with Gasteiger partial charge in [-0.3, -0.25) is 14.7 Å². The fourth-order valence-electron chi connectivity index (χ4n) is 2.78. The summed E-state index contributed by atoms with van der Waals surface area (Å²) in [7, 11) is 1.61. The topological polar surface area (TPSA) is 77.0 Å². The van der Waals surface area contributed by atoms with E-state index < -0.39 is 11.4 Å². The molecule has 130 valence electrons. The van der Waals surface area contributed by atoms with E-state index in [0.717, 1.165) is 0 Å². The van der Waals surface area contributed by atoms with Crippen molar-refractivity contribution in [3.63, 3.8) is 0 Å². The Labute approximate surface area is 141 Å². The molecule has 0 radical (unpaired) electrons. The van der Waals surface area contributed by atoms with Crippen LogP contribution >= 0.6 is 0 Å². The molecule has 0 aromatic heterocycles. The number of amides is 1. The highest BCUT2D eigenvalue weighted by atomic mass is 19.1. The number of rotatable bonds is 5. The average molecular weight is 334 g/mol. The Morgan fingerprint density at radius 2 is 2.12 bits per heavy atom. The molecule has 0 bridgehead atoms. The van der Waals surface area contributed by atoms with Crippen molar-refractivity contribution in [2.45, 2.75) is 18.4 Å². The largest absolute Gasteiger partial charge is 0.382 e. The van der Waals surface area contributed by atoms with Crippen LogP contribution in [0.15, 0.2) is 42.0 Å². The van der Waals surface area contributed by atoms with E-state index in [4.69, 9.17) is 0 Å². The third kappa shape index (κ3) is 4.39. The summed E-state index contributed by atoms with van der Waals surface area (Å²) in [5.41, 5.74) is -0.867. The maximum absolute atomic E-state index is 13.5. The number of piperidine rings is 1. The van der Waals surface area contributed by atoms with Gasteiger partial charge < -0.3 is 15.7 Å². The van der Waals surface area contributed by atoms with Crippen LogP contribution in [0.2, 0.25) is 0 Å². The highest BCUT2D eigenvalue weighted by Gasteiger charge is 2.37. The summed E-state index contributed by atoms with van der Waals surface area (Å²) in [6.07, 6.45) is 2.38. The molecule has 0 saturated carbocycles. The Bertz CT molecular complexity index is 625. The number of halogens is 1. The van der Waals surface area contributed by atoms with Crippen molar-refractivity contribution in [3.8, 4) is 0 Å². The number of aliphatic imine (C=N–C) groups is 1. The second kappa shape index (κ2) is 8.03. The van der Waals surface area contributed by atoms with Gasteiger partial charge in [0.25, 0.3) is 0 Å². The van der Waals surface area contributed by atoms with Gasteiger partial charge in [-0.2, -0.15) is 0 Å². The van der Waals surface area contributed by atoms with Crippen LogP contribution in [0.3, 0.4) is 0 Å². The molecule has 1 aromatic rings. The monoisotopic (exact) mass is 334 g/mol. The maximum atomic E-state index is 13.5. The van der Waals surface area contributed by atoms with Gasteiger partial charge in [0, 0.05) is 20.1 Å². The number of carbonyl (C=O) groups is 1. The molecule has 7 heteroatoms. The van der Waals surface area contributed by atoms with Crippen LogP contribution in [0, 0.1) is 5.82 Å². The van der Waals surface area contributed by atoms with Crippen LogP contribution in [0.4, 0.5) is 10.1 Å². The molecule has 0 atom stereocenters. The third-order valence-electron chi connectivity index (χ3n) is 4.10. The van der Waals surface area contributed by atoms with Crippen molar-refractivity contribution < 1.29 is 14.3 Å². The number of para-hydroxylation sites is 1. The number of anilines is 1. The molecule has 3 N–H and O–H groups in total. The van der Waals surface area contributed by atoms with Gasteiger partial charge in [0.2, 0.25) is 5.91 Å². The normalized spacial score (nSPS) is 18.0. The van der Waals surface area contributed by atoms with Gasteiger partial charge in [-0.15, -0.1) is 0 Å². The van der Waals surface area contributed by atoms with E-state index in [0.29, 0.717) is 31.8 Å². The van der Waals surface area contributed by atoms with Crippen LogP contribution in [0.25, 0.3) is 0 Å². The highest BCUT2D eigenvalue weighted by Crippen LogP contribution is 2.23. The molecule has 0 spiro atoms. The molecule has 1 saturated heterocycles. The fourth-order valence-corrected chi connectivity index (χ4v) is 2.78. The van der Waals surface area contributed by atoms with E-state index >= 15 is 0 Å². The van der Waals surface area contributed by atoms with Crippen LogP contribution in [-0.2, 0) is 4.79 Å². The second-order valence-electron chi connectivity index (χ2n) is 5.76. The van der Waals surface area contributed by atoms with Crippen molar-refractivity contribution in [2.75, 3.05) is 32.0 Å². The minimum absolute atomic E-state index is 0.151. The number of hydrogen-bond acceptors (Lipinski definition) is 4. The zero-order valence-electron chi connectivity index (χ0n) is 13.8. The zero-order chi connectivity index (χ0) is 17.6. The van der Waals surface area contributed by atoms with Gasteiger partial charge >= 0.3 is 0 Å². The molecule has 0 unspecified atom stereocenters. The van der Waals surface area contributed by atoms with Gasteiger partial charge in [-0.1, -0.05) is 18.7 Å². The van der Waals surface area contributed by atoms with Crippen LogP contribution < -0.4 is 10.6 Å². The van der Waals surface area contributed by atoms with E-state index in [1.165, 1.54) is 18.3 Å². The summed E-state index contributed by atoms with van der Waals surface area (Å²) in [5.74, 6) is -0.259. The maximum Gasteiger partial charge on any atom is 0.238 e. The number of hydrogen-bond donors (Lipinski definition) is 3. The lowest BCUT2D eigenvalue weighted by molar-refractivity contribution is -0.118. The standard InChI is InChI=1S/C17H23FN4O2/c1-3-20-16(19-2)17(24)8-10-22(11-9-17)12-15(23)21-14-7-5-4-6-13(14)18/h3-7,24H,1,8-12H2,2H3,(H,19,20)(H,21,23). The lowest BCUT2D eigenvalue weighted by Gasteiger charge is -2.38. The molecular weight excluding hydrogens is 311 g/mol. The summed E-state index contributed by atoms with van der Waals surface area (Å²) in [5, 5.41) is 16.1. The Balaban J connectivity index is 1.87. The number of likely N-dealkylation sites (tertiary alicyclic amines) is 1. The van der Waals surface area contributed by atoms with Crippen molar-refractivity contribution in [1.82, 2.24) is 10.2 Å². The first-order valence-corrected chi connectivity index (χ1v) is 7.82. The third-order valence-corrected chi connectivity index (χ3v) is 4.10. The van der Waals surface area contributed by atoms with E-state index in [-0.39, 0.29) is 18.1 Å². The van der Waals surface area contributed by atoms with Crippen molar-refractivity contribution in [2.24, 2.45) is 4.99 Å². The Hall–Kier alpha value is -2.25. The molecule has 1 heterocycles. The lowest BCUT2D eigenvalue weighted by Crippen LogP contribution is -2.53. The van der Waals surface area contributed by atoms with Crippen LogP contribution in [0.1, 0.15) is 12.8 Å². The number of amidine groups is 1. The zero-order valence-corrected chi connectivity index (χ0v) is 13.8. The van der Waals surface area contributed by atoms with Crippen LogP contribution in [-0.4, -0.2) is 54.0 Å². The summed E-state index contributed by atoms with van der Waals surface area (Å²) in [6.45, 7) is 4.81. The first kappa shape index (κ1) is 18.1. The Morgan fingerprint density at radius 3 is 2.71 bits per heavy atom. The number of carbonyl (C=O) groups excluding carboxylic acids is 1. The quantitative estimate of drug-likeness (QED) is 0.561. The van der Waals surface area contributed by atoms with E-state index in [1.54, 1.807) is 19.2 Å². The van der Waals surface area contributed by atoms with Gasteiger partial charge in [-0.25, -0.2) is 4.39 Å². The minimum atomic E-state index is -1.04. The Morgan fingerprint density at radius 1 is 1.46 bits per heavy atom. The molecule has 1 aliphatic heterocycles. The molecular formula is C17H23FN4O2. The molecule has 2 rings (SSSR count). The van der Waals surface area contributed by atoms with Crippen molar-refractivity contribution in [3.05, 3.63) is 42.9 Å². The number of nitrogens with zero attached hydrogens (tertiary/aromatic N) is 2. The summed E-state index contributed by atoms with van der Waals surface area (Å²) < 4.78 is 13.5. The van der Waals surface area contributed by atoms with E-state index in [9.17, 15) is 14.3 Å². The predicted octanol–water partition coefficient (Wildman–Crippen LogP) is 1.35. The second-order valence-corrected chi connectivity index (χ2v) is 5.76. The number of benzene rings is 1. The molecule has 6 nitrogen and oxygen atoms in total. The van der Waals surface area contributed by atoms with Gasteiger partial charge in [-0.05, 0) is 31.2 Å². The lowest BCUT2D eigenvalue weighted by atomic mass is 9.90. The van der Waals surface area contributed by atoms with Gasteiger partial charge in [0.1, 0.15) is 17.3 Å². The van der Waals surface area contributed by atoms with Gasteiger partial charge in [0.15, 0.2) is 0 Å². The fraction of sp³-hybridized carbons (Fsp3) is 0.412. The highest BCUT2D eigenvalue weighted by molar-refractivity contribution is 5.93. The average Bonchev–Trinajstić information content (AvgIpc) is 2.57. The number of nitrogens with one attached hydrogen (secondary N) is 2. The predicted molar refractivity (Wildman–Crippen MR) is 92.3 cm³/mol. The molecule has 24 heavy (non-hydrogen) atoms. The summed E-state index contributed by atoms with van der Waals surface area (Å²) in [4.78, 5) is 18.0. The van der Waals surface area contributed by atoms with Crippen molar-refractivity contribution >= 4 is 17.4 Å².